The molecule has 2 aromatic rings. The summed E-state index contributed by atoms with van der Waals surface area (Å²) < 4.78 is 4.58. The Bertz CT molecular complexity index is 778. The monoisotopic (exact) mass is 496 g/mol. The van der Waals surface area contributed by atoms with Gasteiger partial charge in [-0.25, -0.2) is 4.79 Å². The van der Waals surface area contributed by atoms with Gasteiger partial charge in [0.15, 0.2) is 5.96 Å². The Kier molecular flexibility index (Phi) is 10.4. The molecule has 6 nitrogen and oxygen atoms in total. The van der Waals surface area contributed by atoms with E-state index in [1.54, 1.807) is 7.05 Å². The van der Waals surface area contributed by atoms with E-state index in [2.05, 4.69) is 63.8 Å². The SMILES string of the molecule is CN=C(NCc1ccc(NC(=O)OC)cc1)NCC(C)c1cccc(C)c1.I. The second-order valence-electron chi connectivity index (χ2n) is 6.44. The highest BCUT2D eigenvalue weighted by molar-refractivity contribution is 14.0. The number of anilines is 1. The normalized spacial score (nSPS) is 11.8. The average molecular weight is 496 g/mol. The number of guanidine groups is 1. The van der Waals surface area contributed by atoms with Gasteiger partial charge in [0.05, 0.1) is 7.11 Å². The number of nitrogens with one attached hydrogen (secondary N) is 3. The zero-order valence-corrected chi connectivity index (χ0v) is 19.1. The Labute approximate surface area is 184 Å². The molecular formula is C21H29IN4O2. The van der Waals surface area contributed by atoms with Gasteiger partial charge in [0.2, 0.25) is 0 Å². The molecule has 1 unspecified atom stereocenters. The maximum Gasteiger partial charge on any atom is 0.411 e. The topological polar surface area (TPSA) is 74.8 Å². The summed E-state index contributed by atoms with van der Waals surface area (Å²) in [6.07, 6.45) is -0.479. The first-order valence-electron chi connectivity index (χ1n) is 8.96. The Morgan fingerprint density at radius 1 is 1.14 bits per heavy atom. The van der Waals surface area contributed by atoms with E-state index in [4.69, 9.17) is 0 Å². The zero-order valence-electron chi connectivity index (χ0n) is 16.8. The summed E-state index contributed by atoms with van der Waals surface area (Å²) in [6.45, 7) is 5.74. The van der Waals surface area contributed by atoms with Crippen molar-refractivity contribution in [1.29, 1.82) is 0 Å². The van der Waals surface area contributed by atoms with Gasteiger partial charge >= 0.3 is 6.09 Å². The number of benzene rings is 2. The molecule has 0 spiro atoms. The van der Waals surface area contributed by atoms with Crippen molar-refractivity contribution in [2.24, 2.45) is 4.99 Å². The van der Waals surface area contributed by atoms with E-state index in [-0.39, 0.29) is 24.0 Å². The number of hydrogen-bond acceptors (Lipinski definition) is 3. The largest absolute Gasteiger partial charge is 0.453 e. The van der Waals surface area contributed by atoms with Gasteiger partial charge in [-0.2, -0.15) is 0 Å². The van der Waals surface area contributed by atoms with Crippen LogP contribution in [0.15, 0.2) is 53.5 Å². The van der Waals surface area contributed by atoms with E-state index in [1.807, 2.05) is 24.3 Å². The van der Waals surface area contributed by atoms with Crippen molar-refractivity contribution in [3.05, 3.63) is 65.2 Å². The van der Waals surface area contributed by atoms with Crippen molar-refractivity contribution >= 4 is 41.7 Å². The third kappa shape index (κ3) is 7.75. The van der Waals surface area contributed by atoms with Crippen molar-refractivity contribution in [1.82, 2.24) is 10.6 Å². The van der Waals surface area contributed by atoms with Gasteiger partial charge in [-0.15, -0.1) is 24.0 Å². The Morgan fingerprint density at radius 3 is 2.46 bits per heavy atom. The summed E-state index contributed by atoms with van der Waals surface area (Å²) in [7, 11) is 3.10. The lowest BCUT2D eigenvalue weighted by atomic mass is 9.99. The maximum atomic E-state index is 11.2. The lowest BCUT2D eigenvalue weighted by molar-refractivity contribution is 0.187. The molecule has 0 radical (unpaired) electrons. The van der Waals surface area contributed by atoms with Crippen LogP contribution in [-0.4, -0.2) is 32.8 Å². The van der Waals surface area contributed by atoms with Crippen molar-refractivity contribution in [2.75, 3.05) is 26.0 Å². The highest BCUT2D eigenvalue weighted by Gasteiger charge is 2.07. The number of hydrogen-bond donors (Lipinski definition) is 3. The van der Waals surface area contributed by atoms with Crippen molar-refractivity contribution < 1.29 is 9.53 Å². The minimum Gasteiger partial charge on any atom is -0.453 e. The molecule has 28 heavy (non-hydrogen) atoms. The fraction of sp³-hybridized carbons (Fsp3) is 0.333. The Morgan fingerprint density at radius 2 is 1.86 bits per heavy atom. The van der Waals surface area contributed by atoms with Crippen LogP contribution < -0.4 is 16.0 Å². The third-order valence-electron chi connectivity index (χ3n) is 4.26. The second-order valence-corrected chi connectivity index (χ2v) is 6.44. The molecule has 0 saturated carbocycles. The van der Waals surface area contributed by atoms with Gasteiger partial charge in [0.25, 0.3) is 0 Å². The number of methoxy groups -OCH3 is 1. The molecular weight excluding hydrogens is 467 g/mol. The summed E-state index contributed by atoms with van der Waals surface area (Å²) in [5.41, 5.74) is 4.36. The molecule has 1 atom stereocenters. The van der Waals surface area contributed by atoms with Crippen LogP contribution in [0.1, 0.15) is 29.5 Å². The first kappa shape index (κ1) is 23.7. The molecule has 0 aliphatic rings. The number of aryl methyl sites for hydroxylation is 1. The summed E-state index contributed by atoms with van der Waals surface area (Å²) in [6, 6.07) is 16.1. The van der Waals surface area contributed by atoms with Crippen molar-refractivity contribution in [3.63, 3.8) is 0 Å². The number of halogens is 1. The molecule has 1 amide bonds. The molecule has 0 aromatic heterocycles. The number of nitrogens with zero attached hydrogens (tertiary/aromatic N) is 1. The molecule has 0 fully saturated rings. The number of rotatable bonds is 6. The molecule has 2 aromatic carbocycles. The molecule has 0 saturated heterocycles. The van der Waals surface area contributed by atoms with E-state index >= 15 is 0 Å². The van der Waals surface area contributed by atoms with Crippen LogP contribution in [0.4, 0.5) is 10.5 Å². The molecule has 0 aliphatic carbocycles. The van der Waals surface area contributed by atoms with Gasteiger partial charge in [-0.1, -0.05) is 48.9 Å². The van der Waals surface area contributed by atoms with E-state index in [1.165, 1.54) is 18.2 Å². The van der Waals surface area contributed by atoms with Crippen LogP contribution >= 0.6 is 24.0 Å². The highest BCUT2D eigenvalue weighted by atomic mass is 127. The van der Waals surface area contributed by atoms with E-state index in [0.29, 0.717) is 18.2 Å². The molecule has 152 valence electrons. The minimum absolute atomic E-state index is 0. The molecule has 3 N–H and O–H groups in total. The number of ether oxygens (including phenoxy) is 1. The lowest BCUT2D eigenvalue weighted by Gasteiger charge is -2.17. The average Bonchev–Trinajstić information content (AvgIpc) is 2.69. The van der Waals surface area contributed by atoms with Crippen LogP contribution in [0.5, 0.6) is 0 Å². The lowest BCUT2D eigenvalue weighted by Crippen LogP contribution is -2.38. The molecule has 0 heterocycles. The van der Waals surface area contributed by atoms with Gasteiger partial charge in [0.1, 0.15) is 0 Å². The van der Waals surface area contributed by atoms with Crippen molar-refractivity contribution in [3.8, 4) is 0 Å². The Balaban J connectivity index is 0.00000392. The van der Waals surface area contributed by atoms with Crippen molar-refractivity contribution in [2.45, 2.75) is 26.3 Å². The van der Waals surface area contributed by atoms with Gasteiger partial charge in [-0.05, 0) is 36.1 Å². The van der Waals surface area contributed by atoms with Crippen LogP contribution in [0.2, 0.25) is 0 Å². The maximum absolute atomic E-state index is 11.2. The molecule has 0 bridgehead atoms. The summed E-state index contributed by atoms with van der Waals surface area (Å²) in [5.74, 6) is 1.14. The molecule has 0 aliphatic heterocycles. The third-order valence-corrected chi connectivity index (χ3v) is 4.26. The fourth-order valence-electron chi connectivity index (χ4n) is 2.63. The minimum atomic E-state index is -0.479. The molecule has 2 rings (SSSR count). The predicted molar refractivity (Wildman–Crippen MR) is 126 cm³/mol. The number of amides is 1. The van der Waals surface area contributed by atoms with E-state index in [9.17, 15) is 4.79 Å². The van der Waals surface area contributed by atoms with E-state index in [0.717, 1.165) is 18.1 Å². The smallest absolute Gasteiger partial charge is 0.411 e. The Hall–Kier alpha value is -2.29. The number of aliphatic imine (C=N–C) groups is 1. The van der Waals surface area contributed by atoms with Crippen LogP contribution in [0, 0.1) is 6.92 Å². The van der Waals surface area contributed by atoms with Crippen LogP contribution in [0.25, 0.3) is 0 Å². The highest BCUT2D eigenvalue weighted by Crippen LogP contribution is 2.15. The predicted octanol–water partition coefficient (Wildman–Crippen LogP) is 4.26. The summed E-state index contributed by atoms with van der Waals surface area (Å²) >= 11 is 0. The molecule has 7 heteroatoms. The second kappa shape index (κ2) is 12.2. The van der Waals surface area contributed by atoms with Gasteiger partial charge in [0, 0.05) is 25.8 Å². The quantitative estimate of drug-likeness (QED) is 0.318. The van der Waals surface area contributed by atoms with Gasteiger partial charge in [-0.3, -0.25) is 10.3 Å². The van der Waals surface area contributed by atoms with E-state index < -0.39 is 6.09 Å². The standard InChI is InChI=1S/C21H28N4O2.HI/c1-15-6-5-7-18(12-15)16(2)13-23-20(22-3)24-14-17-8-10-19(11-9-17)25-21(26)27-4;/h5-12,16H,13-14H2,1-4H3,(H,25,26)(H2,22,23,24);1H. The summed E-state index contributed by atoms with van der Waals surface area (Å²) in [5, 5.41) is 9.30. The van der Waals surface area contributed by atoms with Crippen LogP contribution in [-0.2, 0) is 11.3 Å². The first-order valence-corrected chi connectivity index (χ1v) is 8.96. The fourth-order valence-corrected chi connectivity index (χ4v) is 2.63. The zero-order chi connectivity index (χ0) is 19.6. The number of carbonyl (C=O) groups excluding carboxylic acids is 1. The van der Waals surface area contributed by atoms with Gasteiger partial charge < -0.3 is 15.4 Å². The first-order chi connectivity index (χ1) is 13.0. The number of carbonyl (C=O) groups is 1. The van der Waals surface area contributed by atoms with Crippen LogP contribution in [0.3, 0.4) is 0 Å². The summed E-state index contributed by atoms with van der Waals surface area (Å²) in [4.78, 5) is 15.5.